The van der Waals surface area contributed by atoms with Crippen LogP contribution < -0.4 is 16.0 Å². The maximum Gasteiger partial charge on any atom is 0.411 e. The number of nitrogens with one attached hydrogen (secondary N) is 3. The molecule has 14 nitrogen and oxygen atoms in total. The second-order valence-electron chi connectivity index (χ2n) is 14.1. The second kappa shape index (κ2) is 16.2. The van der Waals surface area contributed by atoms with E-state index in [-0.39, 0.29) is 44.6 Å². The van der Waals surface area contributed by atoms with E-state index in [4.69, 9.17) is 25.9 Å². The SMILES string of the molecule is CN(CN(C)C(=O)OC(C)(C)C)OCC(C)(C)OCCc1cc(Cl)cc(NC(=O)NCc2ccc3c(c2)CN(C2CCC(=O)NC2=O)C3=O)c1. The van der Waals surface area contributed by atoms with Crippen molar-refractivity contribution in [1.82, 2.24) is 25.5 Å². The average molecular weight is 715 g/mol. The molecule has 1 fully saturated rings. The van der Waals surface area contributed by atoms with Crippen LogP contribution in [0.2, 0.25) is 5.02 Å². The van der Waals surface area contributed by atoms with Gasteiger partial charge in [-0.3, -0.25) is 29.4 Å². The van der Waals surface area contributed by atoms with Crippen LogP contribution in [0.3, 0.4) is 0 Å². The van der Waals surface area contributed by atoms with Gasteiger partial charge in [0.2, 0.25) is 11.8 Å². The van der Waals surface area contributed by atoms with Gasteiger partial charge in [-0.2, -0.15) is 5.06 Å². The van der Waals surface area contributed by atoms with Gasteiger partial charge in [0.05, 0.1) is 18.8 Å². The van der Waals surface area contributed by atoms with Crippen LogP contribution in [0.15, 0.2) is 36.4 Å². The standard InChI is InChI=1S/C35H47ClN6O8/c1-34(2,3)50-33(47)40(6)21-41(7)49-20-35(4,5)48-13-12-22-15-25(36)17-26(16-22)38-32(46)37-18-23-8-9-27-24(14-23)19-42(31(27)45)28-10-11-29(43)39-30(28)44/h8-9,14-17,28H,10-13,18-21H2,1-7H3,(H2,37,38,46)(H,39,43,44). The van der Waals surface area contributed by atoms with Crippen molar-refractivity contribution in [2.24, 2.45) is 0 Å². The van der Waals surface area contributed by atoms with E-state index in [1.807, 2.05) is 52.8 Å². The number of halogens is 1. The Bertz CT molecular complexity index is 1610. The Balaban J connectivity index is 1.21. The maximum absolute atomic E-state index is 13.0. The van der Waals surface area contributed by atoms with Gasteiger partial charge in [-0.1, -0.05) is 23.7 Å². The van der Waals surface area contributed by atoms with E-state index in [1.54, 1.807) is 32.3 Å². The third-order valence-electron chi connectivity index (χ3n) is 7.89. The Morgan fingerprint density at radius 3 is 2.48 bits per heavy atom. The van der Waals surface area contributed by atoms with Gasteiger partial charge in [0, 0.05) is 49.9 Å². The minimum atomic E-state index is -0.687. The molecule has 2 aromatic carbocycles. The first kappa shape index (κ1) is 38.6. The molecular formula is C35H47ClN6O8. The summed E-state index contributed by atoms with van der Waals surface area (Å²) < 4.78 is 11.4. The zero-order valence-corrected chi connectivity index (χ0v) is 30.4. The average Bonchev–Trinajstić information content (AvgIpc) is 3.33. The monoisotopic (exact) mass is 714 g/mol. The molecule has 2 aromatic rings. The van der Waals surface area contributed by atoms with Crippen molar-refractivity contribution in [2.75, 3.05) is 39.3 Å². The molecule has 272 valence electrons. The lowest BCUT2D eigenvalue weighted by Gasteiger charge is -2.30. The van der Waals surface area contributed by atoms with E-state index in [0.717, 1.165) is 16.7 Å². The summed E-state index contributed by atoms with van der Waals surface area (Å²) in [7, 11) is 3.35. The fraction of sp³-hybridized carbons (Fsp3) is 0.514. The fourth-order valence-electron chi connectivity index (χ4n) is 5.45. The van der Waals surface area contributed by atoms with Crippen molar-refractivity contribution >= 4 is 47.1 Å². The van der Waals surface area contributed by atoms with Gasteiger partial charge in [-0.15, -0.1) is 0 Å². The molecule has 0 spiro atoms. The first-order valence-corrected chi connectivity index (χ1v) is 16.8. The van der Waals surface area contributed by atoms with Crippen LogP contribution in [0.1, 0.15) is 74.5 Å². The number of amides is 6. The highest BCUT2D eigenvalue weighted by atomic mass is 35.5. The number of carbonyl (C=O) groups excluding carboxylic acids is 5. The Kier molecular flexibility index (Phi) is 12.5. The highest BCUT2D eigenvalue weighted by molar-refractivity contribution is 6.31. The molecule has 2 aliphatic rings. The van der Waals surface area contributed by atoms with Gasteiger partial charge in [0.25, 0.3) is 5.91 Å². The van der Waals surface area contributed by atoms with Crippen LogP contribution in [0.5, 0.6) is 0 Å². The lowest BCUT2D eigenvalue weighted by atomic mass is 10.0. The van der Waals surface area contributed by atoms with Gasteiger partial charge in [0.15, 0.2) is 0 Å². The molecule has 0 aromatic heterocycles. The zero-order valence-electron chi connectivity index (χ0n) is 29.7. The lowest BCUT2D eigenvalue weighted by Crippen LogP contribution is -2.52. The molecule has 0 aliphatic carbocycles. The molecule has 1 unspecified atom stereocenters. The Morgan fingerprint density at radius 1 is 1.04 bits per heavy atom. The highest BCUT2D eigenvalue weighted by Gasteiger charge is 2.39. The van der Waals surface area contributed by atoms with Crippen molar-refractivity contribution in [1.29, 1.82) is 0 Å². The number of imide groups is 1. The largest absolute Gasteiger partial charge is 0.444 e. The van der Waals surface area contributed by atoms with Gasteiger partial charge in [-0.25, -0.2) is 9.59 Å². The van der Waals surface area contributed by atoms with E-state index in [1.165, 1.54) is 14.9 Å². The Morgan fingerprint density at radius 2 is 1.78 bits per heavy atom. The number of hydrogen-bond acceptors (Lipinski definition) is 9. The minimum absolute atomic E-state index is 0.188. The third-order valence-corrected chi connectivity index (χ3v) is 8.11. The van der Waals surface area contributed by atoms with Gasteiger partial charge < -0.3 is 25.0 Å². The summed E-state index contributed by atoms with van der Waals surface area (Å²) in [5.41, 5.74) is 2.21. The predicted octanol–water partition coefficient (Wildman–Crippen LogP) is 4.45. The summed E-state index contributed by atoms with van der Waals surface area (Å²) in [6.45, 7) is 10.5. The highest BCUT2D eigenvalue weighted by Crippen LogP contribution is 2.28. The van der Waals surface area contributed by atoms with Gasteiger partial charge in [-0.05, 0) is 88.4 Å². The number of urea groups is 1. The number of hydroxylamine groups is 2. The van der Waals surface area contributed by atoms with Crippen molar-refractivity contribution in [2.45, 2.75) is 84.2 Å². The van der Waals surface area contributed by atoms with Crippen LogP contribution in [0.4, 0.5) is 15.3 Å². The molecule has 50 heavy (non-hydrogen) atoms. The molecule has 3 N–H and O–H groups in total. The number of rotatable bonds is 13. The van der Waals surface area contributed by atoms with Crippen molar-refractivity contribution < 1.29 is 38.3 Å². The van der Waals surface area contributed by atoms with Crippen LogP contribution in [-0.2, 0) is 43.4 Å². The quantitative estimate of drug-likeness (QED) is 0.155. The predicted molar refractivity (Wildman–Crippen MR) is 186 cm³/mol. The normalized spacial score (nSPS) is 16.3. The minimum Gasteiger partial charge on any atom is -0.444 e. The first-order chi connectivity index (χ1) is 23.4. The molecule has 2 heterocycles. The molecule has 1 saturated heterocycles. The molecule has 2 aliphatic heterocycles. The molecule has 15 heteroatoms. The number of carbonyl (C=O) groups is 5. The number of fused-ring (bicyclic) bond motifs is 1. The topological polar surface area (TPSA) is 159 Å². The van der Waals surface area contributed by atoms with Crippen molar-refractivity contribution in [3.63, 3.8) is 0 Å². The smallest absolute Gasteiger partial charge is 0.411 e. The number of hydrogen-bond donors (Lipinski definition) is 3. The summed E-state index contributed by atoms with van der Waals surface area (Å²) in [6.07, 6.45) is 0.560. The van der Waals surface area contributed by atoms with E-state index >= 15 is 0 Å². The lowest BCUT2D eigenvalue weighted by molar-refractivity contribution is -0.203. The molecule has 1 atom stereocenters. The van der Waals surface area contributed by atoms with Crippen LogP contribution >= 0.6 is 11.6 Å². The number of piperidine rings is 1. The van der Waals surface area contributed by atoms with E-state index < -0.39 is 35.3 Å². The molecule has 0 bridgehead atoms. The summed E-state index contributed by atoms with van der Waals surface area (Å²) in [4.78, 5) is 70.5. The summed E-state index contributed by atoms with van der Waals surface area (Å²) in [6, 6.07) is 9.45. The van der Waals surface area contributed by atoms with Crippen LogP contribution in [-0.4, -0.2) is 95.9 Å². The van der Waals surface area contributed by atoms with E-state index in [9.17, 15) is 24.0 Å². The molecule has 0 radical (unpaired) electrons. The number of benzene rings is 2. The molecule has 6 amide bonds. The first-order valence-electron chi connectivity index (χ1n) is 16.4. The second-order valence-corrected chi connectivity index (χ2v) is 14.6. The fourth-order valence-corrected chi connectivity index (χ4v) is 5.71. The summed E-state index contributed by atoms with van der Waals surface area (Å²) in [5.74, 6) is -1.05. The Hall–Kier alpha value is -4.24. The van der Waals surface area contributed by atoms with Crippen molar-refractivity contribution in [3.05, 3.63) is 63.7 Å². The zero-order chi connectivity index (χ0) is 36.8. The van der Waals surface area contributed by atoms with Gasteiger partial charge >= 0.3 is 12.1 Å². The number of nitrogens with zero attached hydrogens (tertiary/aromatic N) is 3. The van der Waals surface area contributed by atoms with Crippen LogP contribution in [0, 0.1) is 0 Å². The number of ether oxygens (including phenoxy) is 2. The summed E-state index contributed by atoms with van der Waals surface area (Å²) in [5, 5.41) is 9.94. The maximum atomic E-state index is 13.0. The third kappa shape index (κ3) is 11.1. The molecule has 4 rings (SSSR count). The molecular weight excluding hydrogens is 668 g/mol. The van der Waals surface area contributed by atoms with E-state index in [2.05, 4.69) is 16.0 Å². The molecule has 0 saturated carbocycles. The van der Waals surface area contributed by atoms with Crippen molar-refractivity contribution in [3.8, 4) is 0 Å². The van der Waals surface area contributed by atoms with Crippen LogP contribution in [0.25, 0.3) is 0 Å². The van der Waals surface area contributed by atoms with E-state index in [0.29, 0.717) is 35.7 Å². The number of anilines is 1. The van der Waals surface area contributed by atoms with Gasteiger partial charge in [0.1, 0.15) is 18.3 Å². The Labute approximate surface area is 297 Å². The summed E-state index contributed by atoms with van der Waals surface area (Å²) >= 11 is 6.36.